The monoisotopic (exact) mass is 480 g/mol. The first kappa shape index (κ1) is 27.1. The molecule has 0 aromatic heterocycles. The molecule has 10 nitrogen and oxygen atoms in total. The van der Waals surface area contributed by atoms with E-state index >= 15 is 0 Å². The van der Waals surface area contributed by atoms with Gasteiger partial charge in [-0.1, -0.05) is 45.9 Å². The van der Waals surface area contributed by atoms with Crippen molar-refractivity contribution in [2.24, 2.45) is 0 Å². The first-order valence-electron chi connectivity index (χ1n) is 11.4. The van der Waals surface area contributed by atoms with Crippen LogP contribution in [0.3, 0.4) is 0 Å². The van der Waals surface area contributed by atoms with Gasteiger partial charge in [-0.05, 0) is 12.1 Å². The minimum absolute atomic E-state index is 0.0277. The van der Waals surface area contributed by atoms with Gasteiger partial charge in [-0.25, -0.2) is 0 Å². The Labute approximate surface area is 198 Å². The SMILES string of the molecule is CCC(=O)OC[C@H]1O[C@@H](Oc2ccccc2)[C@H](OC(=O)CC)[C@@H](OC(=O)CC)[C@@H]1OC(=O)CC. The lowest BCUT2D eigenvalue weighted by Gasteiger charge is -2.44. The maximum Gasteiger partial charge on any atom is 0.306 e. The van der Waals surface area contributed by atoms with E-state index in [1.807, 2.05) is 0 Å². The average molecular weight is 481 g/mol. The predicted molar refractivity (Wildman–Crippen MR) is 117 cm³/mol. The first-order valence-corrected chi connectivity index (χ1v) is 11.4. The number of ether oxygens (including phenoxy) is 6. The van der Waals surface area contributed by atoms with Crippen molar-refractivity contribution in [3.63, 3.8) is 0 Å². The summed E-state index contributed by atoms with van der Waals surface area (Å²) in [5.74, 6) is -1.89. The van der Waals surface area contributed by atoms with Crippen molar-refractivity contribution >= 4 is 23.9 Å². The quantitative estimate of drug-likeness (QED) is 0.345. The number of hydrogen-bond acceptors (Lipinski definition) is 10. The topological polar surface area (TPSA) is 124 Å². The maximum atomic E-state index is 12.3. The molecule has 0 N–H and O–H groups in total. The summed E-state index contributed by atoms with van der Waals surface area (Å²) < 4.78 is 33.9. The lowest BCUT2D eigenvalue weighted by atomic mass is 9.98. The molecule has 1 aromatic rings. The molecular formula is C24H32O10. The molecule has 0 bridgehead atoms. The van der Waals surface area contributed by atoms with Crippen LogP contribution in [0.2, 0.25) is 0 Å². The predicted octanol–water partition coefficient (Wildman–Crippen LogP) is 2.71. The van der Waals surface area contributed by atoms with Gasteiger partial charge in [0.1, 0.15) is 18.5 Å². The lowest BCUT2D eigenvalue weighted by molar-refractivity contribution is -0.289. The third kappa shape index (κ3) is 7.72. The molecular weight excluding hydrogens is 448 g/mol. The maximum absolute atomic E-state index is 12.3. The first-order chi connectivity index (χ1) is 16.3. The summed E-state index contributed by atoms with van der Waals surface area (Å²) in [5.41, 5.74) is 0. The highest BCUT2D eigenvalue weighted by Gasteiger charge is 2.53. The molecule has 2 rings (SSSR count). The van der Waals surface area contributed by atoms with Crippen molar-refractivity contribution in [3.05, 3.63) is 30.3 Å². The Balaban J connectivity index is 2.47. The highest BCUT2D eigenvalue weighted by atomic mass is 16.7. The van der Waals surface area contributed by atoms with E-state index in [4.69, 9.17) is 28.4 Å². The minimum atomic E-state index is -1.26. The molecule has 34 heavy (non-hydrogen) atoms. The summed E-state index contributed by atoms with van der Waals surface area (Å²) in [5, 5.41) is 0. The Morgan fingerprint density at radius 3 is 1.74 bits per heavy atom. The summed E-state index contributed by atoms with van der Waals surface area (Å²) in [6, 6.07) is 8.62. The summed E-state index contributed by atoms with van der Waals surface area (Å²) in [7, 11) is 0. The van der Waals surface area contributed by atoms with Crippen molar-refractivity contribution in [3.8, 4) is 5.75 Å². The van der Waals surface area contributed by atoms with Crippen LogP contribution in [0, 0.1) is 0 Å². The van der Waals surface area contributed by atoms with Crippen LogP contribution in [0.1, 0.15) is 53.4 Å². The Morgan fingerprint density at radius 2 is 1.21 bits per heavy atom. The third-order valence-electron chi connectivity index (χ3n) is 4.95. The molecule has 10 heteroatoms. The van der Waals surface area contributed by atoms with Crippen LogP contribution in [0.15, 0.2) is 30.3 Å². The zero-order chi connectivity index (χ0) is 25.1. The molecule has 5 atom stereocenters. The van der Waals surface area contributed by atoms with E-state index in [-0.39, 0.29) is 32.3 Å². The van der Waals surface area contributed by atoms with Gasteiger partial charge in [0.2, 0.25) is 12.4 Å². The second-order valence-corrected chi connectivity index (χ2v) is 7.43. The second-order valence-electron chi connectivity index (χ2n) is 7.43. The van der Waals surface area contributed by atoms with Crippen LogP contribution in [-0.4, -0.2) is 61.2 Å². The smallest absolute Gasteiger partial charge is 0.306 e. The lowest BCUT2D eigenvalue weighted by Crippen LogP contribution is -2.63. The van der Waals surface area contributed by atoms with Gasteiger partial charge in [-0.3, -0.25) is 19.2 Å². The third-order valence-corrected chi connectivity index (χ3v) is 4.95. The number of carbonyl (C=O) groups excluding carboxylic acids is 4. The summed E-state index contributed by atoms with van der Waals surface area (Å²) >= 11 is 0. The summed E-state index contributed by atoms with van der Waals surface area (Å²) in [6.45, 7) is 6.14. The number of carbonyl (C=O) groups is 4. The molecule has 1 aliphatic heterocycles. The largest absolute Gasteiger partial charge is 0.463 e. The molecule has 1 fully saturated rings. The highest BCUT2D eigenvalue weighted by molar-refractivity contribution is 5.71. The van der Waals surface area contributed by atoms with Crippen molar-refractivity contribution in [2.45, 2.75) is 84.1 Å². The Kier molecular flexibility index (Phi) is 10.8. The van der Waals surface area contributed by atoms with Gasteiger partial charge in [-0.15, -0.1) is 0 Å². The second kappa shape index (κ2) is 13.5. The van der Waals surface area contributed by atoms with E-state index in [9.17, 15) is 19.2 Å². The number of para-hydroxylation sites is 1. The summed E-state index contributed by atoms with van der Waals surface area (Å²) in [4.78, 5) is 48.6. The highest BCUT2D eigenvalue weighted by Crippen LogP contribution is 2.31. The van der Waals surface area contributed by atoms with Crippen LogP contribution >= 0.6 is 0 Å². The molecule has 0 radical (unpaired) electrons. The molecule has 188 valence electrons. The van der Waals surface area contributed by atoms with Gasteiger partial charge in [0.15, 0.2) is 12.2 Å². The molecule has 1 heterocycles. The van der Waals surface area contributed by atoms with Crippen molar-refractivity contribution in [2.75, 3.05) is 6.61 Å². The van der Waals surface area contributed by atoms with Gasteiger partial charge in [0.05, 0.1) is 0 Å². The molecule has 1 saturated heterocycles. The fourth-order valence-corrected chi connectivity index (χ4v) is 3.12. The zero-order valence-electron chi connectivity index (χ0n) is 19.9. The number of benzene rings is 1. The molecule has 1 aromatic carbocycles. The van der Waals surface area contributed by atoms with E-state index in [2.05, 4.69) is 0 Å². The van der Waals surface area contributed by atoms with E-state index in [1.165, 1.54) is 0 Å². The van der Waals surface area contributed by atoms with Crippen molar-refractivity contribution < 1.29 is 47.6 Å². The zero-order valence-corrected chi connectivity index (χ0v) is 19.9. The summed E-state index contributed by atoms with van der Waals surface area (Å²) in [6.07, 6.45) is -5.78. The Morgan fingerprint density at radius 1 is 0.706 bits per heavy atom. The van der Waals surface area contributed by atoms with Gasteiger partial charge < -0.3 is 28.4 Å². The number of rotatable bonds is 11. The van der Waals surface area contributed by atoms with Crippen molar-refractivity contribution in [1.82, 2.24) is 0 Å². The number of esters is 4. The van der Waals surface area contributed by atoms with Crippen LogP contribution in [0.5, 0.6) is 5.75 Å². The molecule has 0 aliphatic carbocycles. The molecule has 0 amide bonds. The molecule has 0 unspecified atom stereocenters. The standard InChI is InChI=1S/C24H32O10/c1-5-17(25)29-14-16-21(32-18(26)6-2)22(33-19(27)7-3)23(34-20(28)8-4)24(31-16)30-15-12-10-9-11-13-15/h9-13,16,21-24H,5-8,14H2,1-4H3/t16-,21-,22+,23-,24-/m1/s1. The van der Waals surface area contributed by atoms with Crippen LogP contribution in [0.25, 0.3) is 0 Å². The Bertz CT molecular complexity index is 824. The number of hydrogen-bond donors (Lipinski definition) is 0. The minimum Gasteiger partial charge on any atom is -0.463 e. The van der Waals surface area contributed by atoms with Crippen LogP contribution in [-0.2, 0) is 42.9 Å². The van der Waals surface area contributed by atoms with E-state index in [0.717, 1.165) is 0 Å². The average Bonchev–Trinajstić information content (AvgIpc) is 2.85. The fraction of sp³-hybridized carbons (Fsp3) is 0.583. The van der Waals surface area contributed by atoms with E-state index in [0.29, 0.717) is 5.75 Å². The fourth-order valence-electron chi connectivity index (χ4n) is 3.12. The van der Waals surface area contributed by atoms with E-state index < -0.39 is 54.6 Å². The molecule has 1 aliphatic rings. The molecule has 0 spiro atoms. The van der Waals surface area contributed by atoms with Crippen LogP contribution < -0.4 is 4.74 Å². The molecule has 0 saturated carbocycles. The Hall–Kier alpha value is -3.14. The van der Waals surface area contributed by atoms with Crippen LogP contribution in [0.4, 0.5) is 0 Å². The van der Waals surface area contributed by atoms with Gasteiger partial charge in [-0.2, -0.15) is 0 Å². The van der Waals surface area contributed by atoms with Gasteiger partial charge in [0.25, 0.3) is 0 Å². The van der Waals surface area contributed by atoms with E-state index in [1.54, 1.807) is 58.0 Å². The van der Waals surface area contributed by atoms with Gasteiger partial charge >= 0.3 is 23.9 Å². The van der Waals surface area contributed by atoms with Crippen molar-refractivity contribution in [1.29, 1.82) is 0 Å². The van der Waals surface area contributed by atoms with Gasteiger partial charge in [0, 0.05) is 25.7 Å². The normalized spacial score (nSPS) is 23.9.